The number of anilines is 3. The Morgan fingerprint density at radius 1 is 1.26 bits per heavy atom. The smallest absolute Gasteiger partial charge is 0.256 e. The first-order valence-electron chi connectivity index (χ1n) is 7.98. The summed E-state index contributed by atoms with van der Waals surface area (Å²) in [6.07, 6.45) is 3.04. The number of carbonyl (C=O) groups excluding carboxylic acids is 1. The van der Waals surface area contributed by atoms with Gasteiger partial charge in [0.15, 0.2) is 0 Å². The van der Waals surface area contributed by atoms with Crippen molar-refractivity contribution in [2.45, 2.75) is 32.2 Å². The van der Waals surface area contributed by atoms with E-state index in [1.165, 1.54) is 0 Å². The number of nitrogens with one attached hydrogen (secondary N) is 3. The molecule has 0 radical (unpaired) electrons. The maximum Gasteiger partial charge on any atom is 0.256 e. The lowest BCUT2D eigenvalue weighted by molar-refractivity contribution is 0.0945. The molecule has 23 heavy (non-hydrogen) atoms. The summed E-state index contributed by atoms with van der Waals surface area (Å²) >= 11 is 0. The van der Waals surface area contributed by atoms with E-state index in [2.05, 4.69) is 25.9 Å². The number of rotatable bonds is 4. The van der Waals surface area contributed by atoms with Crippen molar-refractivity contribution < 1.29 is 4.79 Å². The Balaban J connectivity index is 1.74. The van der Waals surface area contributed by atoms with Gasteiger partial charge >= 0.3 is 0 Å². The SMILES string of the molecule is Cc1cccc(Nc2nc(NC3CC3)nc3c2C(=O)NCC3)c1. The van der Waals surface area contributed by atoms with Gasteiger partial charge in [-0.3, -0.25) is 4.79 Å². The first kappa shape index (κ1) is 14.0. The molecule has 0 atom stereocenters. The Labute approximate surface area is 134 Å². The van der Waals surface area contributed by atoms with Gasteiger partial charge in [-0.1, -0.05) is 12.1 Å². The van der Waals surface area contributed by atoms with Crippen molar-refractivity contribution in [1.82, 2.24) is 15.3 Å². The van der Waals surface area contributed by atoms with Crippen molar-refractivity contribution in [3.8, 4) is 0 Å². The first-order chi connectivity index (χ1) is 11.2. The number of fused-ring (bicyclic) bond motifs is 1. The average molecular weight is 309 g/mol. The third kappa shape index (κ3) is 2.97. The predicted octanol–water partition coefficient (Wildman–Crippen LogP) is 2.39. The largest absolute Gasteiger partial charge is 0.351 e. The zero-order chi connectivity index (χ0) is 15.8. The summed E-state index contributed by atoms with van der Waals surface area (Å²) in [7, 11) is 0. The number of hydrogen-bond acceptors (Lipinski definition) is 5. The lowest BCUT2D eigenvalue weighted by Crippen LogP contribution is -2.34. The van der Waals surface area contributed by atoms with Gasteiger partial charge in [-0.2, -0.15) is 4.98 Å². The van der Waals surface area contributed by atoms with Crippen molar-refractivity contribution >= 4 is 23.4 Å². The summed E-state index contributed by atoms with van der Waals surface area (Å²) in [5.74, 6) is 1.07. The molecule has 1 fully saturated rings. The fourth-order valence-electron chi connectivity index (χ4n) is 2.73. The molecule has 1 aromatic heterocycles. The molecule has 1 aromatic carbocycles. The van der Waals surface area contributed by atoms with Crippen LogP contribution in [-0.4, -0.2) is 28.5 Å². The quantitative estimate of drug-likeness (QED) is 0.808. The highest BCUT2D eigenvalue weighted by Crippen LogP contribution is 2.28. The number of carbonyl (C=O) groups is 1. The van der Waals surface area contributed by atoms with Crippen LogP contribution < -0.4 is 16.0 Å². The van der Waals surface area contributed by atoms with Gasteiger partial charge in [-0.15, -0.1) is 0 Å². The van der Waals surface area contributed by atoms with Crippen molar-refractivity contribution in [3.63, 3.8) is 0 Å². The van der Waals surface area contributed by atoms with Gasteiger partial charge in [0.2, 0.25) is 5.95 Å². The van der Waals surface area contributed by atoms with Crippen LogP contribution in [0.25, 0.3) is 0 Å². The minimum atomic E-state index is -0.112. The van der Waals surface area contributed by atoms with Gasteiger partial charge in [0.25, 0.3) is 5.91 Å². The van der Waals surface area contributed by atoms with Crippen LogP contribution in [0.2, 0.25) is 0 Å². The Bertz CT molecular complexity index is 770. The summed E-state index contributed by atoms with van der Waals surface area (Å²) in [4.78, 5) is 21.3. The number of amides is 1. The van der Waals surface area contributed by atoms with Gasteiger partial charge in [0.1, 0.15) is 11.4 Å². The van der Waals surface area contributed by atoms with Crippen LogP contribution in [0.15, 0.2) is 24.3 Å². The minimum Gasteiger partial charge on any atom is -0.351 e. The molecule has 0 saturated heterocycles. The molecule has 1 aliphatic heterocycles. The maximum absolute atomic E-state index is 12.3. The molecule has 1 saturated carbocycles. The molecule has 0 spiro atoms. The zero-order valence-corrected chi connectivity index (χ0v) is 13.0. The Hall–Kier alpha value is -2.63. The van der Waals surface area contributed by atoms with E-state index in [1.54, 1.807) is 0 Å². The van der Waals surface area contributed by atoms with Gasteiger partial charge in [0, 0.05) is 24.7 Å². The third-order valence-electron chi connectivity index (χ3n) is 4.05. The molecule has 0 unspecified atom stereocenters. The fraction of sp³-hybridized carbons (Fsp3) is 0.353. The Morgan fingerprint density at radius 3 is 2.91 bits per heavy atom. The number of hydrogen-bond donors (Lipinski definition) is 3. The lowest BCUT2D eigenvalue weighted by Gasteiger charge is -2.20. The van der Waals surface area contributed by atoms with Crippen LogP contribution in [0, 0.1) is 6.92 Å². The highest BCUT2D eigenvalue weighted by molar-refractivity contribution is 6.01. The van der Waals surface area contributed by atoms with E-state index in [9.17, 15) is 4.79 Å². The normalized spacial score (nSPS) is 16.5. The van der Waals surface area contributed by atoms with E-state index in [-0.39, 0.29) is 5.91 Å². The molecular formula is C17H19N5O. The molecule has 1 aliphatic carbocycles. The Kier molecular flexibility index (Phi) is 3.37. The van der Waals surface area contributed by atoms with Gasteiger partial charge in [-0.25, -0.2) is 4.98 Å². The summed E-state index contributed by atoms with van der Waals surface area (Å²) in [6, 6.07) is 8.49. The topological polar surface area (TPSA) is 78.9 Å². The molecule has 0 bridgehead atoms. The molecule has 6 nitrogen and oxygen atoms in total. The summed E-state index contributed by atoms with van der Waals surface area (Å²) < 4.78 is 0. The predicted molar refractivity (Wildman–Crippen MR) is 89.2 cm³/mol. The monoisotopic (exact) mass is 309 g/mol. The number of benzene rings is 1. The summed E-state index contributed by atoms with van der Waals surface area (Å²) in [5.41, 5.74) is 3.43. The summed E-state index contributed by atoms with van der Waals surface area (Å²) in [5, 5.41) is 9.48. The van der Waals surface area contributed by atoms with Gasteiger partial charge in [-0.05, 0) is 37.5 Å². The summed E-state index contributed by atoms with van der Waals surface area (Å²) in [6.45, 7) is 2.66. The molecule has 3 N–H and O–H groups in total. The molecule has 2 aromatic rings. The standard InChI is InChI=1S/C17H19N5O/c1-10-3-2-4-12(9-10)19-15-14-13(7-8-18-16(14)23)21-17(22-15)20-11-5-6-11/h2-4,9,11H,5-8H2,1H3,(H,18,23)(H2,19,20,21,22). The second kappa shape index (κ2) is 5.53. The number of nitrogens with zero attached hydrogens (tertiary/aromatic N) is 2. The van der Waals surface area contributed by atoms with E-state index in [0.29, 0.717) is 29.9 Å². The van der Waals surface area contributed by atoms with Gasteiger partial charge in [0.05, 0.1) is 5.69 Å². The number of aryl methyl sites for hydroxylation is 1. The maximum atomic E-state index is 12.3. The van der Waals surface area contributed by atoms with Crippen molar-refractivity contribution in [3.05, 3.63) is 41.1 Å². The highest BCUT2D eigenvalue weighted by Gasteiger charge is 2.27. The van der Waals surface area contributed by atoms with Crippen molar-refractivity contribution in [1.29, 1.82) is 0 Å². The number of aromatic nitrogens is 2. The minimum absolute atomic E-state index is 0.112. The van der Waals surface area contributed by atoms with Crippen molar-refractivity contribution in [2.24, 2.45) is 0 Å². The van der Waals surface area contributed by atoms with Crippen LogP contribution >= 0.6 is 0 Å². The third-order valence-corrected chi connectivity index (χ3v) is 4.05. The first-order valence-corrected chi connectivity index (χ1v) is 7.98. The van der Waals surface area contributed by atoms with Gasteiger partial charge < -0.3 is 16.0 Å². The molecule has 118 valence electrons. The fourth-order valence-corrected chi connectivity index (χ4v) is 2.73. The molecule has 2 aliphatic rings. The van der Waals surface area contributed by atoms with E-state index in [1.807, 2.05) is 31.2 Å². The van der Waals surface area contributed by atoms with E-state index in [0.717, 1.165) is 36.2 Å². The lowest BCUT2D eigenvalue weighted by atomic mass is 10.1. The van der Waals surface area contributed by atoms with E-state index < -0.39 is 0 Å². The van der Waals surface area contributed by atoms with E-state index >= 15 is 0 Å². The highest BCUT2D eigenvalue weighted by atomic mass is 16.1. The van der Waals surface area contributed by atoms with Crippen LogP contribution in [0.1, 0.15) is 34.5 Å². The molecule has 1 amide bonds. The molecule has 2 heterocycles. The second-order valence-electron chi connectivity index (χ2n) is 6.14. The Morgan fingerprint density at radius 2 is 2.13 bits per heavy atom. The van der Waals surface area contributed by atoms with Crippen LogP contribution in [-0.2, 0) is 6.42 Å². The zero-order valence-electron chi connectivity index (χ0n) is 13.0. The van der Waals surface area contributed by atoms with Crippen LogP contribution in [0.5, 0.6) is 0 Å². The van der Waals surface area contributed by atoms with Crippen LogP contribution in [0.4, 0.5) is 17.5 Å². The van der Waals surface area contributed by atoms with Crippen LogP contribution in [0.3, 0.4) is 0 Å². The molecular weight excluding hydrogens is 290 g/mol. The van der Waals surface area contributed by atoms with Crippen molar-refractivity contribution in [2.75, 3.05) is 17.2 Å². The molecule has 4 rings (SSSR count). The second-order valence-corrected chi connectivity index (χ2v) is 6.14. The average Bonchev–Trinajstić information content (AvgIpc) is 3.31. The molecule has 6 heteroatoms. The van der Waals surface area contributed by atoms with E-state index in [4.69, 9.17) is 0 Å².